The molecule has 1 aliphatic rings. The third-order valence-corrected chi connectivity index (χ3v) is 2.52. The van der Waals surface area contributed by atoms with Crippen LogP contribution >= 0.6 is 15.9 Å². The lowest BCUT2D eigenvalue weighted by Gasteiger charge is -2.12. The van der Waals surface area contributed by atoms with E-state index in [1.165, 1.54) is 0 Å². The lowest BCUT2D eigenvalue weighted by molar-refractivity contribution is 0.786. The van der Waals surface area contributed by atoms with E-state index in [4.69, 9.17) is 0 Å². The van der Waals surface area contributed by atoms with E-state index < -0.39 is 0 Å². The van der Waals surface area contributed by atoms with Crippen LogP contribution in [-0.2, 0) is 0 Å². The van der Waals surface area contributed by atoms with Crippen LogP contribution in [0.1, 0.15) is 12.8 Å². The molecule has 0 saturated heterocycles. The number of anilines is 1. The van der Waals surface area contributed by atoms with Crippen molar-refractivity contribution < 1.29 is 0 Å². The van der Waals surface area contributed by atoms with Gasteiger partial charge in [0.05, 0.1) is 11.9 Å². The standard InChI is InChI=1S/C10H11BrN2/c11-8-5-10(7-12-6-8)13-9-3-1-2-4-9/h1-2,5-7,9,13H,3-4H2. The molecule has 68 valence electrons. The molecule has 0 saturated carbocycles. The molecule has 0 bridgehead atoms. The van der Waals surface area contributed by atoms with Crippen LogP contribution in [0.2, 0.25) is 0 Å². The molecule has 0 amide bonds. The number of nitrogens with one attached hydrogen (secondary N) is 1. The van der Waals surface area contributed by atoms with Crippen LogP contribution in [0.4, 0.5) is 5.69 Å². The summed E-state index contributed by atoms with van der Waals surface area (Å²) in [6.07, 6.45) is 10.3. The number of aromatic nitrogens is 1. The fourth-order valence-electron chi connectivity index (χ4n) is 1.46. The van der Waals surface area contributed by atoms with Crippen molar-refractivity contribution >= 4 is 21.6 Å². The predicted molar refractivity (Wildman–Crippen MR) is 57.7 cm³/mol. The fourth-order valence-corrected chi connectivity index (χ4v) is 1.83. The Morgan fingerprint density at radius 2 is 2.08 bits per heavy atom. The smallest absolute Gasteiger partial charge is 0.0540 e. The minimum atomic E-state index is 0.552. The normalized spacial score (nSPS) is 16.4. The van der Waals surface area contributed by atoms with Crippen molar-refractivity contribution in [2.45, 2.75) is 18.9 Å². The largest absolute Gasteiger partial charge is 0.380 e. The van der Waals surface area contributed by atoms with Crippen LogP contribution in [0.25, 0.3) is 0 Å². The van der Waals surface area contributed by atoms with Gasteiger partial charge in [-0.25, -0.2) is 0 Å². The molecule has 0 fully saturated rings. The second kappa shape index (κ2) is 3.92. The van der Waals surface area contributed by atoms with Gasteiger partial charge in [-0.2, -0.15) is 0 Å². The van der Waals surface area contributed by atoms with Crippen LogP contribution in [-0.4, -0.2) is 11.0 Å². The Balaban J connectivity index is 2.01. The maximum atomic E-state index is 4.10. The van der Waals surface area contributed by atoms with E-state index in [0.29, 0.717) is 6.04 Å². The molecule has 0 spiro atoms. The highest BCUT2D eigenvalue weighted by Gasteiger charge is 2.09. The van der Waals surface area contributed by atoms with E-state index in [9.17, 15) is 0 Å². The third kappa shape index (κ3) is 2.31. The molecule has 3 heteroatoms. The average molecular weight is 239 g/mol. The molecular weight excluding hydrogens is 228 g/mol. The Bertz CT molecular complexity index is 314. The highest BCUT2D eigenvalue weighted by atomic mass is 79.9. The molecule has 1 aromatic rings. The number of hydrogen-bond acceptors (Lipinski definition) is 2. The van der Waals surface area contributed by atoms with Gasteiger partial charge in [-0.3, -0.25) is 4.98 Å². The lowest BCUT2D eigenvalue weighted by atomic mass is 10.2. The Labute approximate surface area is 86.2 Å². The summed E-state index contributed by atoms with van der Waals surface area (Å²) in [7, 11) is 0. The quantitative estimate of drug-likeness (QED) is 0.802. The van der Waals surface area contributed by atoms with Crippen LogP contribution in [0.15, 0.2) is 35.1 Å². The molecule has 0 unspecified atom stereocenters. The number of pyridine rings is 1. The predicted octanol–water partition coefficient (Wildman–Crippen LogP) is 2.97. The summed E-state index contributed by atoms with van der Waals surface area (Å²) in [6.45, 7) is 0. The summed E-state index contributed by atoms with van der Waals surface area (Å²) in [5.41, 5.74) is 1.09. The molecule has 0 aliphatic heterocycles. The van der Waals surface area contributed by atoms with E-state index in [1.54, 1.807) is 6.20 Å². The van der Waals surface area contributed by atoms with Gasteiger partial charge in [0.1, 0.15) is 0 Å². The van der Waals surface area contributed by atoms with E-state index in [1.807, 2.05) is 12.3 Å². The lowest BCUT2D eigenvalue weighted by Crippen LogP contribution is -2.14. The van der Waals surface area contributed by atoms with E-state index >= 15 is 0 Å². The van der Waals surface area contributed by atoms with Gasteiger partial charge < -0.3 is 5.32 Å². The summed E-state index contributed by atoms with van der Waals surface area (Å²) >= 11 is 3.39. The third-order valence-electron chi connectivity index (χ3n) is 2.08. The van der Waals surface area contributed by atoms with Crippen molar-refractivity contribution in [2.75, 3.05) is 5.32 Å². The minimum Gasteiger partial charge on any atom is -0.380 e. The fraction of sp³-hybridized carbons (Fsp3) is 0.300. The van der Waals surface area contributed by atoms with E-state index in [-0.39, 0.29) is 0 Å². The number of nitrogens with zero attached hydrogens (tertiary/aromatic N) is 1. The van der Waals surface area contributed by atoms with E-state index in [2.05, 4.69) is 38.4 Å². The molecule has 0 aromatic carbocycles. The minimum absolute atomic E-state index is 0.552. The van der Waals surface area contributed by atoms with Gasteiger partial charge >= 0.3 is 0 Å². The van der Waals surface area contributed by atoms with Crippen molar-refractivity contribution in [1.29, 1.82) is 0 Å². The maximum Gasteiger partial charge on any atom is 0.0540 e. The first-order valence-electron chi connectivity index (χ1n) is 4.37. The van der Waals surface area contributed by atoms with Crippen molar-refractivity contribution in [1.82, 2.24) is 4.98 Å². The van der Waals surface area contributed by atoms with Gasteiger partial charge in [0.2, 0.25) is 0 Å². The Morgan fingerprint density at radius 3 is 2.77 bits per heavy atom. The summed E-state index contributed by atoms with van der Waals surface area (Å²) in [6, 6.07) is 2.60. The summed E-state index contributed by atoms with van der Waals surface area (Å²) in [5.74, 6) is 0. The van der Waals surface area contributed by atoms with Crippen LogP contribution in [0.5, 0.6) is 0 Å². The van der Waals surface area contributed by atoms with Gasteiger partial charge in [0, 0.05) is 16.7 Å². The molecule has 0 atom stereocenters. The van der Waals surface area contributed by atoms with Crippen molar-refractivity contribution in [3.8, 4) is 0 Å². The van der Waals surface area contributed by atoms with E-state index in [0.717, 1.165) is 23.0 Å². The second-order valence-electron chi connectivity index (χ2n) is 3.18. The van der Waals surface area contributed by atoms with Gasteiger partial charge in [0.25, 0.3) is 0 Å². The number of halogens is 1. The summed E-state index contributed by atoms with van der Waals surface area (Å²) in [5, 5.41) is 3.43. The molecule has 2 nitrogen and oxygen atoms in total. The SMILES string of the molecule is Brc1cncc(NC2CC=CC2)c1. The van der Waals surface area contributed by atoms with Gasteiger partial charge in [-0.1, -0.05) is 12.2 Å². The first kappa shape index (κ1) is 8.75. The highest BCUT2D eigenvalue weighted by Crippen LogP contribution is 2.18. The zero-order valence-corrected chi connectivity index (χ0v) is 8.79. The van der Waals surface area contributed by atoms with Crippen LogP contribution < -0.4 is 5.32 Å². The van der Waals surface area contributed by atoms with Crippen LogP contribution in [0, 0.1) is 0 Å². The van der Waals surface area contributed by atoms with Crippen molar-refractivity contribution in [2.24, 2.45) is 0 Å². The summed E-state index contributed by atoms with van der Waals surface area (Å²) < 4.78 is 1.02. The molecule has 1 heterocycles. The first-order valence-corrected chi connectivity index (χ1v) is 5.16. The van der Waals surface area contributed by atoms with Crippen molar-refractivity contribution in [3.05, 3.63) is 35.1 Å². The Morgan fingerprint density at radius 1 is 1.31 bits per heavy atom. The number of hydrogen-bond donors (Lipinski definition) is 1. The monoisotopic (exact) mass is 238 g/mol. The second-order valence-corrected chi connectivity index (χ2v) is 4.09. The Hall–Kier alpha value is -0.830. The molecule has 1 N–H and O–H groups in total. The van der Waals surface area contributed by atoms with Gasteiger partial charge in [0.15, 0.2) is 0 Å². The molecule has 1 aromatic heterocycles. The maximum absolute atomic E-state index is 4.10. The zero-order chi connectivity index (χ0) is 9.10. The Kier molecular flexibility index (Phi) is 2.64. The number of rotatable bonds is 2. The van der Waals surface area contributed by atoms with Gasteiger partial charge in [-0.15, -0.1) is 0 Å². The molecule has 1 aliphatic carbocycles. The van der Waals surface area contributed by atoms with Crippen molar-refractivity contribution in [3.63, 3.8) is 0 Å². The topological polar surface area (TPSA) is 24.9 Å². The zero-order valence-electron chi connectivity index (χ0n) is 7.20. The molecule has 13 heavy (non-hydrogen) atoms. The van der Waals surface area contributed by atoms with Gasteiger partial charge in [-0.05, 0) is 34.8 Å². The van der Waals surface area contributed by atoms with Crippen LogP contribution in [0.3, 0.4) is 0 Å². The first-order chi connectivity index (χ1) is 6.34. The molecule has 2 rings (SSSR count). The average Bonchev–Trinajstić information content (AvgIpc) is 2.57. The molecular formula is C10H11BrN2. The highest BCUT2D eigenvalue weighted by molar-refractivity contribution is 9.10. The molecule has 0 radical (unpaired) electrons. The summed E-state index contributed by atoms with van der Waals surface area (Å²) in [4.78, 5) is 4.10.